The van der Waals surface area contributed by atoms with Gasteiger partial charge in [-0.25, -0.2) is 14.8 Å². The summed E-state index contributed by atoms with van der Waals surface area (Å²) in [5.41, 5.74) is 1.13. The van der Waals surface area contributed by atoms with Gasteiger partial charge in [0, 0.05) is 19.7 Å². The van der Waals surface area contributed by atoms with E-state index in [2.05, 4.69) is 27.1 Å². The lowest BCUT2D eigenvalue weighted by molar-refractivity contribution is 0.0602. The van der Waals surface area contributed by atoms with Crippen molar-refractivity contribution in [2.45, 2.75) is 26.7 Å². The molecule has 1 N–H and O–H groups in total. The first-order chi connectivity index (χ1) is 11.5. The number of esters is 1. The summed E-state index contributed by atoms with van der Waals surface area (Å²) in [6, 6.07) is 9.08. The lowest BCUT2D eigenvalue weighted by Crippen LogP contribution is -2.20. The zero-order valence-corrected chi connectivity index (χ0v) is 14.7. The van der Waals surface area contributed by atoms with Crippen molar-refractivity contribution in [3.8, 4) is 0 Å². The Kier molecular flexibility index (Phi) is 6.12. The van der Waals surface area contributed by atoms with E-state index in [9.17, 15) is 4.79 Å². The van der Waals surface area contributed by atoms with Gasteiger partial charge in [0.2, 0.25) is 0 Å². The maximum atomic E-state index is 11.9. The Labute approximate surface area is 142 Å². The number of aromatic nitrogens is 2. The van der Waals surface area contributed by atoms with Gasteiger partial charge in [0.15, 0.2) is 0 Å². The molecule has 1 heterocycles. The molecular formula is C18H24N4O2. The first-order valence-corrected chi connectivity index (χ1v) is 8.06. The number of carbonyl (C=O) groups is 1. The second kappa shape index (κ2) is 8.29. The first-order valence-electron chi connectivity index (χ1n) is 8.06. The summed E-state index contributed by atoms with van der Waals surface area (Å²) in [5.74, 6) is 1.80. The molecule has 0 amide bonds. The summed E-state index contributed by atoms with van der Waals surface area (Å²) in [6.07, 6.45) is 2.24. The number of para-hydroxylation sites is 1. The molecule has 0 unspecified atom stereocenters. The van der Waals surface area contributed by atoms with E-state index in [1.165, 1.54) is 7.11 Å². The second-order valence-electron chi connectivity index (χ2n) is 5.60. The molecule has 6 nitrogen and oxygen atoms in total. The van der Waals surface area contributed by atoms with E-state index in [1.54, 1.807) is 12.1 Å². The first kappa shape index (κ1) is 17.7. The predicted octanol–water partition coefficient (Wildman–Crippen LogP) is 3.55. The summed E-state index contributed by atoms with van der Waals surface area (Å²) in [5, 5.41) is 3.20. The van der Waals surface area contributed by atoms with Gasteiger partial charge in [0.05, 0.1) is 18.4 Å². The molecule has 6 heteroatoms. The summed E-state index contributed by atoms with van der Waals surface area (Å²) < 4.78 is 4.82. The fourth-order valence-corrected chi connectivity index (χ4v) is 2.34. The van der Waals surface area contributed by atoms with Gasteiger partial charge in [-0.2, -0.15) is 0 Å². The molecule has 0 aliphatic carbocycles. The molecule has 0 spiro atoms. The number of nitrogens with one attached hydrogen (secondary N) is 1. The number of hydrogen-bond donors (Lipinski definition) is 1. The fourth-order valence-electron chi connectivity index (χ4n) is 2.34. The molecule has 0 saturated heterocycles. The summed E-state index contributed by atoms with van der Waals surface area (Å²) >= 11 is 0. The van der Waals surface area contributed by atoms with E-state index in [4.69, 9.17) is 4.74 Å². The maximum Gasteiger partial charge on any atom is 0.339 e. The Bertz CT molecular complexity index is 703. The van der Waals surface area contributed by atoms with Gasteiger partial charge in [0.25, 0.3) is 0 Å². The number of unbranched alkanes of at least 4 members (excludes halogenated alkanes) is 1. The monoisotopic (exact) mass is 328 g/mol. The van der Waals surface area contributed by atoms with Gasteiger partial charge in [-0.15, -0.1) is 0 Å². The zero-order valence-electron chi connectivity index (χ0n) is 14.7. The highest BCUT2D eigenvalue weighted by atomic mass is 16.5. The fraction of sp³-hybridized carbons (Fsp3) is 0.389. The lowest BCUT2D eigenvalue weighted by Gasteiger charge is -2.19. The number of benzene rings is 1. The van der Waals surface area contributed by atoms with Crippen molar-refractivity contribution in [1.82, 2.24) is 9.97 Å². The molecule has 1 aromatic heterocycles. The molecular weight excluding hydrogens is 304 g/mol. The summed E-state index contributed by atoms with van der Waals surface area (Å²) in [6.45, 7) is 4.95. The molecule has 0 radical (unpaired) electrons. The Balaban J connectivity index is 2.27. The minimum Gasteiger partial charge on any atom is -0.465 e. The molecule has 0 fully saturated rings. The number of rotatable bonds is 7. The van der Waals surface area contributed by atoms with Crippen molar-refractivity contribution < 1.29 is 9.53 Å². The molecule has 24 heavy (non-hydrogen) atoms. The van der Waals surface area contributed by atoms with Crippen molar-refractivity contribution in [1.29, 1.82) is 0 Å². The molecule has 1 aromatic carbocycles. The number of nitrogens with zero attached hydrogens (tertiary/aromatic N) is 3. The molecule has 2 rings (SSSR count). The van der Waals surface area contributed by atoms with E-state index < -0.39 is 0 Å². The molecule has 0 aliphatic rings. The number of hydrogen-bond acceptors (Lipinski definition) is 6. The van der Waals surface area contributed by atoms with E-state index in [1.807, 2.05) is 32.2 Å². The van der Waals surface area contributed by atoms with Crippen LogP contribution in [-0.2, 0) is 4.74 Å². The molecule has 0 atom stereocenters. The minimum atomic E-state index is -0.385. The maximum absolute atomic E-state index is 11.9. The van der Waals surface area contributed by atoms with Crippen LogP contribution >= 0.6 is 0 Å². The van der Waals surface area contributed by atoms with Gasteiger partial charge < -0.3 is 15.0 Å². The van der Waals surface area contributed by atoms with Gasteiger partial charge in [0.1, 0.15) is 17.5 Å². The minimum absolute atomic E-state index is 0.385. The van der Waals surface area contributed by atoms with Gasteiger partial charge in [-0.1, -0.05) is 25.5 Å². The van der Waals surface area contributed by atoms with Crippen molar-refractivity contribution >= 4 is 23.3 Å². The number of anilines is 3. The highest BCUT2D eigenvalue weighted by Gasteiger charge is 2.13. The third-order valence-corrected chi connectivity index (χ3v) is 3.66. The summed E-state index contributed by atoms with van der Waals surface area (Å²) in [7, 11) is 3.39. The Morgan fingerprint density at radius 2 is 2.04 bits per heavy atom. The lowest BCUT2D eigenvalue weighted by atomic mass is 10.2. The number of aryl methyl sites for hydroxylation is 1. The Morgan fingerprint density at radius 1 is 1.29 bits per heavy atom. The van der Waals surface area contributed by atoms with Crippen LogP contribution in [0.1, 0.15) is 35.9 Å². The third-order valence-electron chi connectivity index (χ3n) is 3.66. The number of methoxy groups -OCH3 is 1. The molecule has 0 saturated carbocycles. The van der Waals surface area contributed by atoms with E-state index in [0.717, 1.165) is 25.2 Å². The van der Waals surface area contributed by atoms with E-state index >= 15 is 0 Å². The van der Waals surface area contributed by atoms with Crippen LogP contribution in [0.15, 0.2) is 30.3 Å². The molecule has 2 aromatic rings. The van der Waals surface area contributed by atoms with Crippen LogP contribution in [0.3, 0.4) is 0 Å². The van der Waals surface area contributed by atoms with Crippen LogP contribution in [-0.4, -0.2) is 36.6 Å². The predicted molar refractivity (Wildman–Crippen MR) is 96.0 cm³/mol. The topological polar surface area (TPSA) is 67.4 Å². The second-order valence-corrected chi connectivity index (χ2v) is 5.60. The quantitative estimate of drug-likeness (QED) is 0.784. The normalized spacial score (nSPS) is 10.3. The van der Waals surface area contributed by atoms with Gasteiger partial charge in [-0.05, 0) is 25.5 Å². The molecule has 0 aliphatic heterocycles. The molecule has 0 bridgehead atoms. The third kappa shape index (κ3) is 4.44. The largest absolute Gasteiger partial charge is 0.465 e. The summed E-state index contributed by atoms with van der Waals surface area (Å²) in [4.78, 5) is 22.9. The van der Waals surface area contributed by atoms with Crippen LogP contribution in [0.4, 0.5) is 17.3 Å². The average molecular weight is 328 g/mol. The van der Waals surface area contributed by atoms with Crippen molar-refractivity contribution in [3.05, 3.63) is 41.7 Å². The van der Waals surface area contributed by atoms with Crippen LogP contribution < -0.4 is 10.2 Å². The van der Waals surface area contributed by atoms with E-state index in [-0.39, 0.29) is 5.97 Å². The average Bonchev–Trinajstić information content (AvgIpc) is 2.59. The number of carbonyl (C=O) groups excluding carboxylic acids is 1. The van der Waals surface area contributed by atoms with Crippen LogP contribution in [0.2, 0.25) is 0 Å². The highest BCUT2D eigenvalue weighted by Crippen LogP contribution is 2.23. The zero-order chi connectivity index (χ0) is 17.5. The van der Waals surface area contributed by atoms with Crippen LogP contribution in [0, 0.1) is 6.92 Å². The van der Waals surface area contributed by atoms with Crippen molar-refractivity contribution in [3.63, 3.8) is 0 Å². The SMILES string of the molecule is CCCCN(C)c1cc(Nc2ccccc2C(=O)OC)nc(C)n1. The smallest absolute Gasteiger partial charge is 0.339 e. The van der Waals surface area contributed by atoms with Gasteiger partial charge >= 0.3 is 5.97 Å². The van der Waals surface area contributed by atoms with Gasteiger partial charge in [-0.3, -0.25) is 0 Å². The van der Waals surface area contributed by atoms with Crippen molar-refractivity contribution in [2.24, 2.45) is 0 Å². The van der Waals surface area contributed by atoms with Crippen LogP contribution in [0.5, 0.6) is 0 Å². The number of ether oxygens (including phenoxy) is 1. The Hall–Kier alpha value is -2.63. The van der Waals surface area contributed by atoms with E-state index in [0.29, 0.717) is 22.9 Å². The highest BCUT2D eigenvalue weighted by molar-refractivity contribution is 5.96. The Morgan fingerprint density at radius 3 is 2.75 bits per heavy atom. The van der Waals surface area contributed by atoms with Crippen LogP contribution in [0.25, 0.3) is 0 Å². The standard InChI is InChI=1S/C18H24N4O2/c1-5-6-11-22(3)17-12-16(19-13(2)20-17)21-15-10-8-7-9-14(15)18(23)24-4/h7-10,12H,5-6,11H2,1-4H3,(H,19,20,21). The molecule has 128 valence electrons. The van der Waals surface area contributed by atoms with Crippen molar-refractivity contribution in [2.75, 3.05) is 30.9 Å².